The average Bonchev–Trinajstić information content (AvgIpc) is 3.30. The Bertz CT molecular complexity index is 1010. The van der Waals surface area contributed by atoms with E-state index in [1.54, 1.807) is 26.7 Å². The number of nitrogens with one attached hydrogen (secondary N) is 1. The third-order valence-corrected chi connectivity index (χ3v) is 4.01. The molecule has 1 aromatic carbocycles. The van der Waals surface area contributed by atoms with Gasteiger partial charge < -0.3 is 18.9 Å². The number of nitrogens with zero attached hydrogens (tertiary/aromatic N) is 2. The fourth-order valence-corrected chi connectivity index (χ4v) is 2.80. The highest BCUT2D eigenvalue weighted by molar-refractivity contribution is 5.76. The Labute approximate surface area is 144 Å². The van der Waals surface area contributed by atoms with Gasteiger partial charge >= 0.3 is 0 Å². The summed E-state index contributed by atoms with van der Waals surface area (Å²) in [7, 11) is 3.25. The number of ether oxygens (including phenoxy) is 2. The molecule has 0 saturated carbocycles. The molecule has 25 heavy (non-hydrogen) atoms. The van der Waals surface area contributed by atoms with E-state index in [-0.39, 0.29) is 0 Å². The molecule has 126 valence electrons. The van der Waals surface area contributed by atoms with E-state index >= 15 is 0 Å². The summed E-state index contributed by atoms with van der Waals surface area (Å²) in [5, 5.41) is 0. The number of pyridine rings is 1. The van der Waals surface area contributed by atoms with Gasteiger partial charge in [-0.15, -0.1) is 0 Å². The molecule has 0 fully saturated rings. The zero-order valence-electron chi connectivity index (χ0n) is 13.9. The van der Waals surface area contributed by atoms with E-state index in [1.807, 2.05) is 36.4 Å². The molecule has 3 heterocycles. The van der Waals surface area contributed by atoms with Gasteiger partial charge in [-0.25, -0.2) is 9.97 Å². The molecular weight excluding hydrogens is 318 g/mol. The Kier molecular flexibility index (Phi) is 3.85. The molecule has 0 aliphatic rings. The van der Waals surface area contributed by atoms with Crippen LogP contribution in [0.4, 0.5) is 0 Å². The number of benzene rings is 1. The molecule has 6 heteroatoms. The van der Waals surface area contributed by atoms with Crippen LogP contribution in [0.25, 0.3) is 22.5 Å². The van der Waals surface area contributed by atoms with Crippen LogP contribution >= 0.6 is 0 Å². The first-order valence-electron chi connectivity index (χ1n) is 7.86. The molecular formula is C19H17N3O3. The van der Waals surface area contributed by atoms with Gasteiger partial charge in [-0.1, -0.05) is 6.07 Å². The lowest BCUT2D eigenvalue weighted by atomic mass is 10.1. The lowest BCUT2D eigenvalue weighted by molar-refractivity contribution is 0.354. The molecule has 0 aliphatic heterocycles. The lowest BCUT2D eigenvalue weighted by Crippen LogP contribution is -1.95. The normalized spacial score (nSPS) is 11.0. The van der Waals surface area contributed by atoms with Gasteiger partial charge in [-0.3, -0.25) is 0 Å². The van der Waals surface area contributed by atoms with Crippen LogP contribution in [0.3, 0.4) is 0 Å². The van der Waals surface area contributed by atoms with Crippen LogP contribution in [-0.4, -0.2) is 29.2 Å². The van der Waals surface area contributed by atoms with Crippen molar-refractivity contribution in [3.8, 4) is 22.8 Å². The number of H-pyrrole nitrogens is 1. The molecule has 0 amide bonds. The first kappa shape index (κ1) is 15.3. The van der Waals surface area contributed by atoms with Crippen molar-refractivity contribution in [2.45, 2.75) is 6.42 Å². The van der Waals surface area contributed by atoms with Crippen molar-refractivity contribution in [2.24, 2.45) is 0 Å². The molecule has 4 aromatic rings. The largest absolute Gasteiger partial charge is 0.493 e. The van der Waals surface area contributed by atoms with Gasteiger partial charge in [-0.05, 0) is 35.9 Å². The smallest absolute Gasteiger partial charge is 0.177 e. The second kappa shape index (κ2) is 6.32. The summed E-state index contributed by atoms with van der Waals surface area (Å²) in [6, 6.07) is 11.6. The summed E-state index contributed by atoms with van der Waals surface area (Å²) in [4.78, 5) is 12.3. The molecule has 6 nitrogen and oxygen atoms in total. The zero-order valence-corrected chi connectivity index (χ0v) is 13.9. The summed E-state index contributed by atoms with van der Waals surface area (Å²) in [5.41, 5.74) is 3.55. The molecule has 0 radical (unpaired) electrons. The molecule has 3 aromatic heterocycles. The monoisotopic (exact) mass is 335 g/mol. The molecule has 0 spiro atoms. The summed E-state index contributed by atoms with van der Waals surface area (Å²) in [5.74, 6) is 3.03. The fourth-order valence-electron chi connectivity index (χ4n) is 2.80. The van der Waals surface area contributed by atoms with Gasteiger partial charge in [0.15, 0.2) is 17.1 Å². The van der Waals surface area contributed by atoms with Crippen molar-refractivity contribution in [1.29, 1.82) is 0 Å². The van der Waals surface area contributed by atoms with Gasteiger partial charge in [0.2, 0.25) is 0 Å². The van der Waals surface area contributed by atoms with Gasteiger partial charge in [0, 0.05) is 18.2 Å². The van der Waals surface area contributed by atoms with E-state index in [1.165, 1.54) is 0 Å². The predicted molar refractivity (Wildman–Crippen MR) is 93.9 cm³/mol. The predicted octanol–water partition coefficient (Wildman–Crippen LogP) is 3.83. The maximum absolute atomic E-state index is 5.42. The van der Waals surface area contributed by atoms with Gasteiger partial charge in [0.05, 0.1) is 26.0 Å². The Morgan fingerprint density at radius 1 is 1.08 bits per heavy atom. The van der Waals surface area contributed by atoms with E-state index in [0.717, 1.165) is 28.2 Å². The molecule has 0 bridgehead atoms. The van der Waals surface area contributed by atoms with E-state index in [2.05, 4.69) is 15.0 Å². The van der Waals surface area contributed by atoms with Gasteiger partial charge in [-0.2, -0.15) is 0 Å². The Hall–Kier alpha value is -3.28. The number of imidazole rings is 1. The SMILES string of the molecule is COc1ccc(Cc2nc3ncc(-c4ccco4)cc3[nH]2)cc1OC. The highest BCUT2D eigenvalue weighted by Gasteiger charge is 2.10. The number of furan rings is 1. The zero-order chi connectivity index (χ0) is 17.2. The second-order valence-corrected chi connectivity index (χ2v) is 5.62. The van der Waals surface area contributed by atoms with E-state index in [9.17, 15) is 0 Å². The standard InChI is InChI=1S/C19H17N3O3/c1-23-16-6-5-12(8-17(16)24-2)9-18-21-14-10-13(11-20-19(14)22-18)15-4-3-7-25-15/h3-8,10-11H,9H2,1-2H3,(H,20,21,22). The summed E-state index contributed by atoms with van der Waals surface area (Å²) in [6.45, 7) is 0. The maximum atomic E-state index is 5.42. The number of methoxy groups -OCH3 is 2. The van der Waals surface area contributed by atoms with E-state index in [0.29, 0.717) is 23.6 Å². The first-order valence-corrected chi connectivity index (χ1v) is 7.86. The van der Waals surface area contributed by atoms with Crippen LogP contribution in [0.2, 0.25) is 0 Å². The van der Waals surface area contributed by atoms with E-state index < -0.39 is 0 Å². The Balaban J connectivity index is 1.64. The summed E-state index contributed by atoms with van der Waals surface area (Å²) >= 11 is 0. The van der Waals surface area contributed by atoms with Crippen molar-refractivity contribution in [3.05, 3.63) is 60.2 Å². The van der Waals surface area contributed by atoms with Gasteiger partial charge in [0.1, 0.15) is 11.6 Å². The maximum Gasteiger partial charge on any atom is 0.177 e. The third-order valence-electron chi connectivity index (χ3n) is 4.01. The average molecular weight is 335 g/mol. The minimum absolute atomic E-state index is 0.646. The van der Waals surface area contributed by atoms with Crippen LogP contribution in [0.1, 0.15) is 11.4 Å². The molecule has 0 saturated heterocycles. The number of hydrogen-bond acceptors (Lipinski definition) is 5. The molecule has 0 aliphatic carbocycles. The number of fused-ring (bicyclic) bond motifs is 1. The van der Waals surface area contributed by atoms with Crippen LogP contribution in [0, 0.1) is 0 Å². The first-order chi connectivity index (χ1) is 12.3. The lowest BCUT2D eigenvalue weighted by Gasteiger charge is -2.08. The molecule has 0 atom stereocenters. The Morgan fingerprint density at radius 3 is 2.72 bits per heavy atom. The van der Waals surface area contributed by atoms with Crippen LogP contribution in [0.15, 0.2) is 53.3 Å². The Morgan fingerprint density at radius 2 is 1.96 bits per heavy atom. The van der Waals surface area contributed by atoms with E-state index in [4.69, 9.17) is 13.9 Å². The van der Waals surface area contributed by atoms with Crippen molar-refractivity contribution >= 4 is 11.2 Å². The van der Waals surface area contributed by atoms with Gasteiger partial charge in [0.25, 0.3) is 0 Å². The van der Waals surface area contributed by atoms with Crippen molar-refractivity contribution in [3.63, 3.8) is 0 Å². The van der Waals surface area contributed by atoms with Crippen LogP contribution in [0.5, 0.6) is 11.5 Å². The molecule has 0 unspecified atom stereocenters. The highest BCUT2D eigenvalue weighted by atomic mass is 16.5. The minimum Gasteiger partial charge on any atom is -0.493 e. The second-order valence-electron chi connectivity index (χ2n) is 5.62. The number of aromatic amines is 1. The highest BCUT2D eigenvalue weighted by Crippen LogP contribution is 2.28. The van der Waals surface area contributed by atoms with Crippen LogP contribution in [-0.2, 0) is 6.42 Å². The number of hydrogen-bond donors (Lipinski definition) is 1. The fraction of sp³-hybridized carbons (Fsp3) is 0.158. The summed E-state index contributed by atoms with van der Waals surface area (Å²) < 4.78 is 16.0. The third kappa shape index (κ3) is 2.94. The molecule has 4 rings (SSSR count). The van der Waals surface area contributed by atoms with Crippen molar-refractivity contribution < 1.29 is 13.9 Å². The van der Waals surface area contributed by atoms with Crippen molar-refractivity contribution in [1.82, 2.24) is 15.0 Å². The topological polar surface area (TPSA) is 73.2 Å². The van der Waals surface area contributed by atoms with Crippen molar-refractivity contribution in [2.75, 3.05) is 14.2 Å². The minimum atomic E-state index is 0.646. The summed E-state index contributed by atoms with van der Waals surface area (Å²) in [6.07, 6.45) is 4.06. The number of aromatic nitrogens is 3. The molecule has 1 N–H and O–H groups in total. The van der Waals surface area contributed by atoms with Crippen LogP contribution < -0.4 is 9.47 Å². The number of rotatable bonds is 5. The quantitative estimate of drug-likeness (QED) is 0.600.